The third kappa shape index (κ3) is 4.15. The van der Waals surface area contributed by atoms with Crippen molar-refractivity contribution >= 4 is 33.0 Å². The summed E-state index contributed by atoms with van der Waals surface area (Å²) < 4.78 is 7.32. The molecule has 0 spiro atoms. The first-order chi connectivity index (χ1) is 18.7. The summed E-state index contributed by atoms with van der Waals surface area (Å²) in [4.78, 5) is 14.5. The number of halogens is 1. The van der Waals surface area contributed by atoms with Crippen LogP contribution in [0.1, 0.15) is 17.7 Å². The molecule has 7 rings (SSSR count). The number of para-hydroxylation sites is 1. The maximum atomic E-state index is 6.34. The SMILES string of the molecule is Brc1cccc(-c2nc(-c3ccccc3)nc(-c3ccc(-c4cccc5c6c(oc45)CCC=C6)cc3)n2)c1. The molecule has 2 aromatic heterocycles. The minimum atomic E-state index is 0.636. The molecule has 6 aromatic rings. The highest BCUT2D eigenvalue weighted by Crippen LogP contribution is 2.37. The van der Waals surface area contributed by atoms with E-state index in [9.17, 15) is 0 Å². The lowest BCUT2D eigenvalue weighted by Gasteiger charge is -2.09. The average molecular weight is 556 g/mol. The van der Waals surface area contributed by atoms with Gasteiger partial charge in [0.25, 0.3) is 0 Å². The van der Waals surface area contributed by atoms with Crippen LogP contribution in [0.3, 0.4) is 0 Å². The third-order valence-electron chi connectivity index (χ3n) is 6.86. The number of rotatable bonds is 4. The number of allylic oxidation sites excluding steroid dienone is 1. The molecule has 1 aliphatic rings. The summed E-state index contributed by atoms with van der Waals surface area (Å²) in [6.07, 6.45) is 6.38. The van der Waals surface area contributed by atoms with E-state index >= 15 is 0 Å². The van der Waals surface area contributed by atoms with Gasteiger partial charge in [-0.05, 0) is 24.1 Å². The molecule has 0 saturated heterocycles. The van der Waals surface area contributed by atoms with Crippen molar-refractivity contribution in [3.8, 4) is 45.3 Å². The molecule has 4 nitrogen and oxygen atoms in total. The predicted molar refractivity (Wildman–Crippen MR) is 156 cm³/mol. The minimum Gasteiger partial charge on any atom is -0.460 e. The Bertz CT molecular complexity index is 1820. The topological polar surface area (TPSA) is 51.8 Å². The summed E-state index contributed by atoms with van der Waals surface area (Å²) in [5.74, 6) is 2.99. The van der Waals surface area contributed by atoms with Crippen LogP contribution in [-0.4, -0.2) is 15.0 Å². The quantitative estimate of drug-likeness (QED) is 0.217. The van der Waals surface area contributed by atoms with Gasteiger partial charge in [-0.25, -0.2) is 15.0 Å². The van der Waals surface area contributed by atoms with Gasteiger partial charge in [0.2, 0.25) is 0 Å². The van der Waals surface area contributed by atoms with Crippen LogP contribution >= 0.6 is 15.9 Å². The Balaban J connectivity index is 1.32. The molecule has 0 fully saturated rings. The fourth-order valence-corrected chi connectivity index (χ4v) is 5.37. The Hall–Kier alpha value is -4.35. The van der Waals surface area contributed by atoms with E-state index in [1.54, 1.807) is 0 Å². The summed E-state index contributed by atoms with van der Waals surface area (Å²) in [6, 6.07) is 32.8. The molecule has 2 heterocycles. The van der Waals surface area contributed by atoms with Gasteiger partial charge in [0.1, 0.15) is 11.3 Å². The first-order valence-electron chi connectivity index (χ1n) is 12.6. The van der Waals surface area contributed by atoms with Gasteiger partial charge in [-0.15, -0.1) is 0 Å². The fraction of sp³-hybridized carbons (Fsp3) is 0.0606. The van der Waals surface area contributed by atoms with Crippen molar-refractivity contribution in [2.75, 3.05) is 0 Å². The molecule has 0 aliphatic heterocycles. The highest BCUT2D eigenvalue weighted by molar-refractivity contribution is 9.10. The lowest BCUT2D eigenvalue weighted by Crippen LogP contribution is -2.00. The van der Waals surface area contributed by atoms with E-state index in [-0.39, 0.29) is 0 Å². The monoisotopic (exact) mass is 555 g/mol. The molecular formula is C33H22BrN3O. The Morgan fingerprint density at radius 1 is 0.632 bits per heavy atom. The first-order valence-corrected chi connectivity index (χ1v) is 13.4. The van der Waals surface area contributed by atoms with E-state index in [0.29, 0.717) is 17.5 Å². The van der Waals surface area contributed by atoms with Crippen LogP contribution in [0.5, 0.6) is 0 Å². The van der Waals surface area contributed by atoms with Gasteiger partial charge < -0.3 is 4.42 Å². The van der Waals surface area contributed by atoms with Crippen LogP contribution in [-0.2, 0) is 6.42 Å². The Morgan fingerprint density at radius 2 is 1.29 bits per heavy atom. The molecule has 182 valence electrons. The Labute approximate surface area is 228 Å². The van der Waals surface area contributed by atoms with Gasteiger partial charge in [0, 0.05) is 44.1 Å². The molecule has 0 unspecified atom stereocenters. The minimum absolute atomic E-state index is 0.636. The number of furan rings is 1. The van der Waals surface area contributed by atoms with E-state index in [0.717, 1.165) is 56.5 Å². The number of nitrogens with zero attached hydrogens (tertiary/aromatic N) is 3. The Morgan fingerprint density at radius 3 is 2.05 bits per heavy atom. The lowest BCUT2D eigenvalue weighted by atomic mass is 9.98. The van der Waals surface area contributed by atoms with Crippen molar-refractivity contribution in [3.63, 3.8) is 0 Å². The van der Waals surface area contributed by atoms with E-state index in [4.69, 9.17) is 19.4 Å². The predicted octanol–water partition coefficient (Wildman–Crippen LogP) is 9.01. The smallest absolute Gasteiger partial charge is 0.164 e. The molecule has 0 N–H and O–H groups in total. The summed E-state index contributed by atoms with van der Waals surface area (Å²) in [7, 11) is 0. The van der Waals surface area contributed by atoms with E-state index < -0.39 is 0 Å². The number of hydrogen-bond donors (Lipinski definition) is 0. The van der Waals surface area contributed by atoms with Crippen molar-refractivity contribution in [3.05, 3.63) is 119 Å². The van der Waals surface area contributed by atoms with Crippen LogP contribution in [0.4, 0.5) is 0 Å². The maximum absolute atomic E-state index is 6.34. The molecule has 4 aromatic carbocycles. The van der Waals surface area contributed by atoms with Gasteiger partial charge in [-0.2, -0.15) is 0 Å². The molecule has 0 atom stereocenters. The maximum Gasteiger partial charge on any atom is 0.164 e. The van der Waals surface area contributed by atoms with Crippen molar-refractivity contribution in [1.82, 2.24) is 15.0 Å². The number of hydrogen-bond acceptors (Lipinski definition) is 4. The molecule has 1 aliphatic carbocycles. The first kappa shape index (κ1) is 22.8. The van der Waals surface area contributed by atoms with Crippen molar-refractivity contribution in [2.24, 2.45) is 0 Å². The third-order valence-corrected chi connectivity index (χ3v) is 7.35. The number of aromatic nitrogens is 3. The molecule has 0 bridgehead atoms. The van der Waals surface area contributed by atoms with Crippen LogP contribution in [0.25, 0.3) is 62.3 Å². The van der Waals surface area contributed by atoms with E-state index in [2.05, 4.69) is 70.5 Å². The molecular weight excluding hydrogens is 534 g/mol. The zero-order chi connectivity index (χ0) is 25.5. The van der Waals surface area contributed by atoms with Gasteiger partial charge in [0.15, 0.2) is 17.5 Å². The zero-order valence-corrected chi connectivity index (χ0v) is 22.0. The second kappa shape index (κ2) is 9.51. The fourth-order valence-electron chi connectivity index (χ4n) is 4.98. The van der Waals surface area contributed by atoms with Crippen LogP contribution in [0, 0.1) is 0 Å². The molecule has 38 heavy (non-hydrogen) atoms. The van der Waals surface area contributed by atoms with Crippen molar-refractivity contribution in [1.29, 1.82) is 0 Å². The molecule has 5 heteroatoms. The van der Waals surface area contributed by atoms with Gasteiger partial charge in [0.05, 0.1) is 0 Å². The number of fused-ring (bicyclic) bond motifs is 3. The van der Waals surface area contributed by atoms with Crippen molar-refractivity contribution in [2.45, 2.75) is 12.8 Å². The van der Waals surface area contributed by atoms with Gasteiger partial charge in [-0.3, -0.25) is 0 Å². The second-order valence-electron chi connectivity index (χ2n) is 9.32. The summed E-state index contributed by atoms with van der Waals surface area (Å²) >= 11 is 3.57. The second-order valence-corrected chi connectivity index (χ2v) is 10.2. The molecule has 0 amide bonds. The van der Waals surface area contributed by atoms with Crippen LogP contribution in [0.15, 0.2) is 112 Å². The van der Waals surface area contributed by atoms with Crippen LogP contribution < -0.4 is 0 Å². The summed E-state index contributed by atoms with van der Waals surface area (Å²) in [6.45, 7) is 0. The highest BCUT2D eigenvalue weighted by Gasteiger charge is 2.18. The normalized spacial score (nSPS) is 12.6. The van der Waals surface area contributed by atoms with Crippen molar-refractivity contribution < 1.29 is 4.42 Å². The average Bonchev–Trinajstić information content (AvgIpc) is 3.36. The number of benzene rings is 4. The lowest BCUT2D eigenvalue weighted by molar-refractivity contribution is 0.547. The number of aryl methyl sites for hydroxylation is 1. The Kier molecular flexibility index (Phi) is 5.71. The molecule has 0 radical (unpaired) electrons. The van der Waals surface area contributed by atoms with Crippen LogP contribution in [0.2, 0.25) is 0 Å². The van der Waals surface area contributed by atoms with E-state index in [1.165, 1.54) is 10.9 Å². The molecule has 0 saturated carbocycles. The highest BCUT2D eigenvalue weighted by atomic mass is 79.9. The summed E-state index contributed by atoms with van der Waals surface area (Å²) in [5, 5.41) is 1.17. The standard InChI is InChI=1S/C33H22BrN3O/c34-25-11-6-10-24(20-25)33-36-31(22-8-2-1-3-9-22)35-32(37-33)23-18-16-21(17-19-23)26-13-7-14-28-27-12-4-5-15-29(27)38-30(26)28/h1-4,6-14,16-20H,5,15H2. The zero-order valence-electron chi connectivity index (χ0n) is 20.4. The van der Waals surface area contributed by atoms with Gasteiger partial charge >= 0.3 is 0 Å². The largest absolute Gasteiger partial charge is 0.460 e. The summed E-state index contributed by atoms with van der Waals surface area (Å²) in [5.41, 5.74) is 7.15. The van der Waals surface area contributed by atoms with E-state index in [1.807, 2.05) is 54.6 Å². The van der Waals surface area contributed by atoms with Gasteiger partial charge in [-0.1, -0.05) is 113 Å².